The monoisotopic (exact) mass is 383 g/mol. The first-order valence-corrected chi connectivity index (χ1v) is 9.57. The third kappa shape index (κ3) is 6.50. The number of carbonyl (C=O) groups is 2. The van der Waals surface area contributed by atoms with Crippen LogP contribution in [-0.4, -0.2) is 22.6 Å². The number of ether oxygens (including phenoxy) is 1. The molecule has 0 fully saturated rings. The van der Waals surface area contributed by atoms with Crippen LogP contribution in [0.25, 0.3) is 0 Å². The van der Waals surface area contributed by atoms with Crippen molar-refractivity contribution < 1.29 is 19.4 Å². The molecule has 1 unspecified atom stereocenters. The third-order valence-corrected chi connectivity index (χ3v) is 4.92. The molecule has 0 aliphatic rings. The predicted octanol–water partition coefficient (Wildman–Crippen LogP) is 4.10. The van der Waals surface area contributed by atoms with Crippen molar-refractivity contribution in [3.05, 3.63) is 65.7 Å². The first kappa shape index (κ1) is 21.6. The van der Waals surface area contributed by atoms with Crippen LogP contribution in [0.2, 0.25) is 0 Å². The molecule has 0 spiro atoms. The molecule has 28 heavy (non-hydrogen) atoms. The van der Waals surface area contributed by atoms with Gasteiger partial charge in [0.1, 0.15) is 6.61 Å². The van der Waals surface area contributed by atoms with Gasteiger partial charge in [-0.3, -0.25) is 9.59 Å². The second-order valence-corrected chi connectivity index (χ2v) is 7.42. The quantitative estimate of drug-likeness (QED) is 0.639. The van der Waals surface area contributed by atoms with Crippen LogP contribution < -0.4 is 5.32 Å². The molecule has 0 aliphatic carbocycles. The van der Waals surface area contributed by atoms with Crippen molar-refractivity contribution in [1.29, 1.82) is 0 Å². The molecule has 0 saturated carbocycles. The normalized spacial score (nSPS) is 13.0. The van der Waals surface area contributed by atoms with Crippen molar-refractivity contribution >= 4 is 17.6 Å². The smallest absolute Gasteiger partial charge is 0.309 e. The molecule has 1 amide bonds. The molecule has 2 N–H and O–H groups in total. The number of esters is 1. The molecular weight excluding hydrogens is 354 g/mol. The molecule has 2 aromatic carbocycles. The summed E-state index contributed by atoms with van der Waals surface area (Å²) in [5.74, 6) is -0.684. The first-order chi connectivity index (χ1) is 13.3. The number of para-hydroxylation sites is 1. The van der Waals surface area contributed by atoms with E-state index in [0.717, 1.165) is 16.8 Å². The second kappa shape index (κ2) is 10.0. The van der Waals surface area contributed by atoms with E-state index in [-0.39, 0.29) is 24.9 Å². The summed E-state index contributed by atoms with van der Waals surface area (Å²) >= 11 is 0. The van der Waals surface area contributed by atoms with Crippen molar-refractivity contribution in [2.24, 2.45) is 5.92 Å². The minimum atomic E-state index is -1.18. The minimum absolute atomic E-state index is 0.0696. The van der Waals surface area contributed by atoms with Crippen LogP contribution in [0, 0.1) is 5.92 Å². The van der Waals surface area contributed by atoms with E-state index in [1.165, 1.54) is 6.92 Å². The van der Waals surface area contributed by atoms with Crippen LogP contribution in [0.4, 0.5) is 5.69 Å². The Hall–Kier alpha value is -2.66. The molecule has 0 aliphatic heterocycles. The van der Waals surface area contributed by atoms with Gasteiger partial charge in [-0.15, -0.1) is 0 Å². The molecular formula is C23H29NO4. The Labute approximate surface area is 166 Å². The molecule has 0 aromatic heterocycles. The molecule has 0 saturated heterocycles. The lowest BCUT2D eigenvalue weighted by Crippen LogP contribution is -2.38. The van der Waals surface area contributed by atoms with E-state index in [2.05, 4.69) is 5.32 Å². The van der Waals surface area contributed by atoms with E-state index >= 15 is 0 Å². The van der Waals surface area contributed by atoms with Gasteiger partial charge in [-0.1, -0.05) is 62.4 Å². The van der Waals surface area contributed by atoms with Crippen LogP contribution in [0.5, 0.6) is 0 Å². The maximum absolute atomic E-state index is 12.3. The Kier molecular flexibility index (Phi) is 7.76. The number of hydrogen-bond donors (Lipinski definition) is 2. The Bertz CT molecular complexity index is 788. The summed E-state index contributed by atoms with van der Waals surface area (Å²) in [5, 5.41) is 13.9. The minimum Gasteiger partial charge on any atom is -0.461 e. The number of anilines is 1. The van der Waals surface area contributed by atoms with Crippen LogP contribution >= 0.6 is 0 Å². The van der Waals surface area contributed by atoms with Gasteiger partial charge in [0.05, 0.1) is 12.0 Å². The number of benzene rings is 2. The highest BCUT2D eigenvalue weighted by Gasteiger charge is 2.34. The van der Waals surface area contributed by atoms with Crippen LogP contribution in [0.1, 0.15) is 44.7 Å². The first-order valence-electron chi connectivity index (χ1n) is 9.57. The highest BCUT2D eigenvalue weighted by molar-refractivity contribution is 5.89. The number of aliphatic hydroxyl groups is 1. The van der Waals surface area contributed by atoms with Crippen molar-refractivity contribution in [3.8, 4) is 0 Å². The Morgan fingerprint density at radius 2 is 1.71 bits per heavy atom. The largest absolute Gasteiger partial charge is 0.461 e. The van der Waals surface area contributed by atoms with E-state index in [1.807, 2.05) is 68.4 Å². The van der Waals surface area contributed by atoms with E-state index < -0.39 is 11.6 Å². The molecule has 0 bridgehead atoms. The van der Waals surface area contributed by atoms with Crippen molar-refractivity contribution in [1.82, 2.24) is 0 Å². The fourth-order valence-corrected chi connectivity index (χ4v) is 3.02. The van der Waals surface area contributed by atoms with Gasteiger partial charge in [0.25, 0.3) is 0 Å². The van der Waals surface area contributed by atoms with Crippen molar-refractivity contribution in [2.75, 3.05) is 5.32 Å². The molecule has 150 valence electrons. The lowest BCUT2D eigenvalue weighted by atomic mass is 9.82. The summed E-state index contributed by atoms with van der Waals surface area (Å²) in [7, 11) is 0. The summed E-state index contributed by atoms with van der Waals surface area (Å²) in [6.45, 7) is 5.44. The summed E-state index contributed by atoms with van der Waals surface area (Å²) in [6.07, 6.45) is 0.860. The SMILES string of the molecule is CC(=O)Nc1ccccc1CCC(O)(CC(=O)OCc1ccccc1)C(C)C. The number of aryl methyl sites for hydroxylation is 1. The summed E-state index contributed by atoms with van der Waals surface area (Å²) in [6, 6.07) is 17.0. The van der Waals surface area contributed by atoms with E-state index in [9.17, 15) is 14.7 Å². The highest BCUT2D eigenvalue weighted by Crippen LogP contribution is 2.29. The number of amides is 1. The standard InChI is InChI=1S/C23H29NO4/c1-17(2)23(27,15-22(26)28-16-19-9-5-4-6-10-19)14-13-20-11-7-8-12-21(20)24-18(3)25/h4-12,17,27H,13-16H2,1-3H3,(H,24,25). The lowest BCUT2D eigenvalue weighted by molar-refractivity contribution is -0.153. The van der Waals surface area contributed by atoms with Crippen LogP contribution in [0.3, 0.4) is 0 Å². The molecule has 5 heteroatoms. The maximum Gasteiger partial charge on any atom is 0.309 e. The summed E-state index contributed by atoms with van der Waals surface area (Å²) < 4.78 is 5.35. The lowest BCUT2D eigenvalue weighted by Gasteiger charge is -2.31. The third-order valence-electron chi connectivity index (χ3n) is 4.92. The number of rotatable bonds is 9. The number of carbonyl (C=O) groups excluding carboxylic acids is 2. The van der Waals surface area contributed by atoms with Gasteiger partial charge in [0.2, 0.25) is 5.91 Å². The molecule has 0 radical (unpaired) electrons. The van der Waals surface area contributed by atoms with Crippen LogP contribution in [0.15, 0.2) is 54.6 Å². The van der Waals surface area contributed by atoms with Gasteiger partial charge >= 0.3 is 5.97 Å². The summed E-state index contributed by atoms with van der Waals surface area (Å²) in [4.78, 5) is 23.7. The van der Waals surface area contributed by atoms with Gasteiger partial charge < -0.3 is 15.2 Å². The van der Waals surface area contributed by atoms with Crippen LogP contribution in [-0.2, 0) is 27.4 Å². The molecule has 2 rings (SSSR count). The molecule has 1 atom stereocenters. The average Bonchev–Trinajstić information content (AvgIpc) is 2.66. The topological polar surface area (TPSA) is 75.6 Å². The Morgan fingerprint density at radius 1 is 1.07 bits per heavy atom. The van der Waals surface area contributed by atoms with Gasteiger partial charge in [0, 0.05) is 12.6 Å². The van der Waals surface area contributed by atoms with Gasteiger partial charge in [-0.25, -0.2) is 0 Å². The zero-order chi connectivity index (χ0) is 20.6. The summed E-state index contributed by atoms with van der Waals surface area (Å²) in [5.41, 5.74) is 1.38. The maximum atomic E-state index is 12.3. The van der Waals surface area contributed by atoms with Crippen molar-refractivity contribution in [3.63, 3.8) is 0 Å². The second-order valence-electron chi connectivity index (χ2n) is 7.42. The van der Waals surface area contributed by atoms with E-state index in [4.69, 9.17) is 4.74 Å². The van der Waals surface area contributed by atoms with Gasteiger partial charge in [0.15, 0.2) is 0 Å². The highest BCUT2D eigenvalue weighted by atomic mass is 16.5. The zero-order valence-corrected chi connectivity index (χ0v) is 16.8. The van der Waals surface area contributed by atoms with E-state index in [0.29, 0.717) is 12.8 Å². The molecule has 0 heterocycles. The zero-order valence-electron chi connectivity index (χ0n) is 16.8. The van der Waals surface area contributed by atoms with Gasteiger partial charge in [-0.05, 0) is 36.0 Å². The number of nitrogens with one attached hydrogen (secondary N) is 1. The fourth-order valence-electron chi connectivity index (χ4n) is 3.02. The van der Waals surface area contributed by atoms with Gasteiger partial charge in [-0.2, -0.15) is 0 Å². The molecule has 5 nitrogen and oxygen atoms in total. The average molecular weight is 383 g/mol. The van der Waals surface area contributed by atoms with E-state index in [1.54, 1.807) is 0 Å². The van der Waals surface area contributed by atoms with Crippen molar-refractivity contribution in [2.45, 2.75) is 52.2 Å². The number of hydrogen-bond acceptors (Lipinski definition) is 4. The Morgan fingerprint density at radius 3 is 2.36 bits per heavy atom. The fraction of sp³-hybridized carbons (Fsp3) is 0.391. The predicted molar refractivity (Wildman–Crippen MR) is 110 cm³/mol. The Balaban J connectivity index is 1.99. The molecule has 2 aromatic rings.